The number of hydrogen-bond acceptors (Lipinski definition) is 4. The number of nitrogens with zero attached hydrogens (tertiary/aromatic N) is 1. The summed E-state index contributed by atoms with van der Waals surface area (Å²) in [6.07, 6.45) is 5.87. The first-order valence-corrected chi connectivity index (χ1v) is 7.94. The number of carbonyl (C=O) groups excluding carboxylic acids is 1. The molecule has 1 aliphatic carbocycles. The maximum Gasteiger partial charge on any atom is 0.234 e. The molecule has 2 N–H and O–H groups in total. The smallest absolute Gasteiger partial charge is 0.234 e. The molecular formula is C15H28N2O3. The second-order valence-corrected chi connectivity index (χ2v) is 6.20. The van der Waals surface area contributed by atoms with Gasteiger partial charge in [0.1, 0.15) is 0 Å². The number of rotatable bonds is 6. The van der Waals surface area contributed by atoms with E-state index in [-0.39, 0.29) is 12.0 Å². The van der Waals surface area contributed by atoms with Crippen LogP contribution in [0.25, 0.3) is 0 Å². The molecular weight excluding hydrogens is 256 g/mol. The minimum Gasteiger partial charge on any atom is -0.392 e. The minimum absolute atomic E-state index is 0.0272. The Kier molecular flexibility index (Phi) is 6.26. The van der Waals surface area contributed by atoms with Gasteiger partial charge in [-0.25, -0.2) is 0 Å². The molecule has 1 aliphatic heterocycles. The van der Waals surface area contributed by atoms with Crippen LogP contribution >= 0.6 is 0 Å². The van der Waals surface area contributed by atoms with E-state index in [1.54, 1.807) is 0 Å². The van der Waals surface area contributed by atoms with Crippen molar-refractivity contribution in [2.45, 2.75) is 51.2 Å². The van der Waals surface area contributed by atoms with Crippen LogP contribution in [-0.4, -0.2) is 60.9 Å². The quantitative estimate of drug-likeness (QED) is 0.707. The van der Waals surface area contributed by atoms with E-state index in [2.05, 4.69) is 12.2 Å². The van der Waals surface area contributed by atoms with E-state index >= 15 is 0 Å². The Morgan fingerprint density at radius 1 is 1.35 bits per heavy atom. The van der Waals surface area contributed by atoms with Crippen LogP contribution in [0.4, 0.5) is 0 Å². The normalized spacial score (nSPS) is 31.4. The first kappa shape index (κ1) is 15.7. The fourth-order valence-corrected chi connectivity index (χ4v) is 3.15. The molecule has 1 saturated heterocycles. The molecule has 0 aromatic rings. The fraction of sp³-hybridized carbons (Fsp3) is 0.933. The molecule has 5 heteroatoms. The third-order valence-corrected chi connectivity index (χ3v) is 4.40. The third-order valence-electron chi connectivity index (χ3n) is 4.40. The van der Waals surface area contributed by atoms with Crippen molar-refractivity contribution >= 4 is 5.91 Å². The summed E-state index contributed by atoms with van der Waals surface area (Å²) >= 11 is 0. The number of aliphatic hydroxyl groups is 1. The van der Waals surface area contributed by atoms with Crippen molar-refractivity contribution < 1.29 is 14.6 Å². The maximum atomic E-state index is 11.7. The molecule has 1 heterocycles. The average molecular weight is 284 g/mol. The van der Waals surface area contributed by atoms with Gasteiger partial charge in [0.2, 0.25) is 5.91 Å². The van der Waals surface area contributed by atoms with Crippen molar-refractivity contribution in [1.29, 1.82) is 0 Å². The summed E-state index contributed by atoms with van der Waals surface area (Å²) in [6.45, 7) is 5.24. The molecule has 2 aliphatic rings. The molecule has 0 radical (unpaired) electrons. The van der Waals surface area contributed by atoms with Crippen LogP contribution in [0.1, 0.15) is 39.0 Å². The maximum absolute atomic E-state index is 11.7. The van der Waals surface area contributed by atoms with E-state index in [9.17, 15) is 9.90 Å². The van der Waals surface area contributed by atoms with Gasteiger partial charge in [-0.3, -0.25) is 9.69 Å². The number of nitrogens with one attached hydrogen (secondary N) is 1. The molecule has 2 rings (SSSR count). The van der Waals surface area contributed by atoms with Crippen molar-refractivity contribution in [2.75, 3.05) is 32.8 Å². The van der Waals surface area contributed by atoms with Crippen LogP contribution in [0.2, 0.25) is 0 Å². The molecule has 2 unspecified atom stereocenters. The van der Waals surface area contributed by atoms with Crippen molar-refractivity contribution in [1.82, 2.24) is 10.2 Å². The molecule has 0 bridgehead atoms. The van der Waals surface area contributed by atoms with E-state index in [4.69, 9.17) is 4.74 Å². The third kappa shape index (κ3) is 5.04. The molecule has 0 aromatic carbocycles. The molecule has 1 saturated carbocycles. The summed E-state index contributed by atoms with van der Waals surface area (Å²) in [4.78, 5) is 13.7. The number of aliphatic hydroxyl groups excluding tert-OH is 1. The lowest BCUT2D eigenvalue weighted by Crippen LogP contribution is -2.38. The Morgan fingerprint density at radius 2 is 2.15 bits per heavy atom. The number of carbonyl (C=O) groups is 1. The predicted molar refractivity (Wildman–Crippen MR) is 77.4 cm³/mol. The topological polar surface area (TPSA) is 61.8 Å². The van der Waals surface area contributed by atoms with E-state index in [1.807, 2.05) is 4.90 Å². The zero-order valence-electron chi connectivity index (χ0n) is 12.5. The second-order valence-electron chi connectivity index (χ2n) is 6.20. The lowest BCUT2D eigenvalue weighted by Gasteiger charge is -2.28. The molecule has 0 spiro atoms. The van der Waals surface area contributed by atoms with Crippen molar-refractivity contribution in [2.24, 2.45) is 5.92 Å². The van der Waals surface area contributed by atoms with Crippen LogP contribution < -0.4 is 5.32 Å². The predicted octanol–water partition coefficient (Wildman–Crippen LogP) is 0.764. The standard InChI is InChI=1S/C15H28N2O3/c1-12-4-2-3-5-14(12)20-9-7-16-15(19)11-17-8-6-13(18)10-17/h12-14,18H,2-11H2,1H3,(H,16,19)/t12?,13-,14?/m0/s1. The molecule has 2 fully saturated rings. The van der Waals surface area contributed by atoms with Crippen LogP contribution in [-0.2, 0) is 9.53 Å². The number of hydrogen-bond donors (Lipinski definition) is 2. The van der Waals surface area contributed by atoms with Gasteiger partial charge in [0.15, 0.2) is 0 Å². The van der Waals surface area contributed by atoms with Gasteiger partial charge in [-0.05, 0) is 25.2 Å². The van der Waals surface area contributed by atoms with E-state index in [0.717, 1.165) is 19.4 Å². The van der Waals surface area contributed by atoms with Crippen molar-refractivity contribution in [3.63, 3.8) is 0 Å². The monoisotopic (exact) mass is 284 g/mol. The molecule has 20 heavy (non-hydrogen) atoms. The highest BCUT2D eigenvalue weighted by atomic mass is 16.5. The summed E-state index contributed by atoms with van der Waals surface area (Å²) in [6, 6.07) is 0. The van der Waals surface area contributed by atoms with E-state index < -0.39 is 0 Å². The number of β-amino-alcohol motifs (C(OH)–C–C–N with tert-alkyl or cyclic N) is 1. The number of amides is 1. The van der Waals surface area contributed by atoms with Crippen molar-refractivity contribution in [3.05, 3.63) is 0 Å². The Bertz CT molecular complexity index is 311. The van der Waals surface area contributed by atoms with Crippen LogP contribution in [0.3, 0.4) is 0 Å². The van der Waals surface area contributed by atoms with Gasteiger partial charge < -0.3 is 15.2 Å². The van der Waals surface area contributed by atoms with Gasteiger partial charge in [-0.2, -0.15) is 0 Å². The molecule has 5 nitrogen and oxygen atoms in total. The van der Waals surface area contributed by atoms with E-state index in [1.165, 1.54) is 19.3 Å². The summed E-state index contributed by atoms with van der Waals surface area (Å²) in [7, 11) is 0. The first-order chi connectivity index (χ1) is 9.65. The zero-order chi connectivity index (χ0) is 14.4. The van der Waals surface area contributed by atoms with Gasteiger partial charge in [0.05, 0.1) is 25.4 Å². The Labute approximate surface area is 121 Å². The molecule has 3 atom stereocenters. The Hall–Kier alpha value is -0.650. The van der Waals surface area contributed by atoms with Gasteiger partial charge >= 0.3 is 0 Å². The summed E-state index contributed by atoms with van der Waals surface area (Å²) in [5.74, 6) is 0.671. The lowest BCUT2D eigenvalue weighted by atomic mass is 9.88. The van der Waals surface area contributed by atoms with Gasteiger partial charge in [-0.15, -0.1) is 0 Å². The molecule has 1 amide bonds. The Balaban J connectivity index is 1.53. The average Bonchev–Trinajstić information content (AvgIpc) is 2.82. The fourth-order valence-electron chi connectivity index (χ4n) is 3.15. The Morgan fingerprint density at radius 3 is 2.85 bits per heavy atom. The summed E-state index contributed by atoms with van der Waals surface area (Å²) in [5, 5.41) is 12.3. The van der Waals surface area contributed by atoms with Crippen LogP contribution in [0, 0.1) is 5.92 Å². The molecule has 116 valence electrons. The van der Waals surface area contributed by atoms with E-state index in [0.29, 0.717) is 38.3 Å². The van der Waals surface area contributed by atoms with Crippen LogP contribution in [0.15, 0.2) is 0 Å². The number of likely N-dealkylation sites (tertiary alicyclic amines) is 1. The highest BCUT2D eigenvalue weighted by Crippen LogP contribution is 2.25. The van der Waals surface area contributed by atoms with Gasteiger partial charge in [0.25, 0.3) is 0 Å². The largest absolute Gasteiger partial charge is 0.392 e. The van der Waals surface area contributed by atoms with Crippen LogP contribution in [0.5, 0.6) is 0 Å². The second kappa shape index (κ2) is 7.96. The highest BCUT2D eigenvalue weighted by molar-refractivity contribution is 5.78. The first-order valence-electron chi connectivity index (χ1n) is 7.94. The SMILES string of the molecule is CC1CCCCC1OCCNC(=O)CN1CC[C@H](O)C1. The summed E-state index contributed by atoms with van der Waals surface area (Å²) < 4.78 is 5.86. The van der Waals surface area contributed by atoms with Gasteiger partial charge in [-0.1, -0.05) is 19.8 Å². The highest BCUT2D eigenvalue weighted by Gasteiger charge is 2.23. The molecule has 0 aromatic heterocycles. The minimum atomic E-state index is -0.265. The van der Waals surface area contributed by atoms with Crippen molar-refractivity contribution in [3.8, 4) is 0 Å². The number of ether oxygens (including phenoxy) is 1. The zero-order valence-corrected chi connectivity index (χ0v) is 12.5. The summed E-state index contributed by atoms with van der Waals surface area (Å²) in [5.41, 5.74) is 0. The van der Waals surface area contributed by atoms with Gasteiger partial charge in [0, 0.05) is 19.6 Å². The lowest BCUT2D eigenvalue weighted by molar-refractivity contribution is -0.122.